The SMILES string of the molecule is CCN(CC)CCN1C(=O)C(=O)/C(=C(/O)c2ccc3c(c2)C[C@H](C)O3)[C@@H]1c1ccccc1F. The molecule has 2 heterocycles. The van der Waals surface area contributed by atoms with Crippen molar-refractivity contribution in [1.29, 1.82) is 0 Å². The average Bonchev–Trinajstić information content (AvgIpc) is 3.30. The lowest BCUT2D eigenvalue weighted by Crippen LogP contribution is -2.38. The summed E-state index contributed by atoms with van der Waals surface area (Å²) in [5.41, 5.74) is 1.44. The van der Waals surface area contributed by atoms with Crippen LogP contribution in [0.3, 0.4) is 0 Å². The zero-order valence-electron chi connectivity index (χ0n) is 19.2. The highest BCUT2D eigenvalue weighted by Crippen LogP contribution is 2.41. The predicted molar refractivity (Wildman–Crippen MR) is 123 cm³/mol. The first-order valence-electron chi connectivity index (χ1n) is 11.4. The Kier molecular flexibility index (Phi) is 6.51. The van der Waals surface area contributed by atoms with Crippen molar-refractivity contribution in [1.82, 2.24) is 9.80 Å². The number of benzene rings is 2. The number of ether oxygens (including phenoxy) is 1. The van der Waals surface area contributed by atoms with Gasteiger partial charge < -0.3 is 19.6 Å². The Hall–Kier alpha value is -3.19. The number of aliphatic hydroxyl groups is 1. The van der Waals surface area contributed by atoms with Crippen LogP contribution >= 0.6 is 0 Å². The quantitative estimate of drug-likeness (QED) is 0.392. The van der Waals surface area contributed by atoms with Crippen molar-refractivity contribution in [3.8, 4) is 5.75 Å². The van der Waals surface area contributed by atoms with Crippen molar-refractivity contribution in [3.63, 3.8) is 0 Å². The van der Waals surface area contributed by atoms with Crippen molar-refractivity contribution < 1.29 is 23.8 Å². The lowest BCUT2D eigenvalue weighted by Gasteiger charge is -2.28. The Morgan fingerprint density at radius 1 is 1.18 bits per heavy atom. The van der Waals surface area contributed by atoms with Crippen LogP contribution in [0.15, 0.2) is 48.0 Å². The van der Waals surface area contributed by atoms with Gasteiger partial charge in [-0.3, -0.25) is 9.59 Å². The van der Waals surface area contributed by atoms with Crippen LogP contribution in [0.5, 0.6) is 5.75 Å². The molecule has 174 valence electrons. The van der Waals surface area contributed by atoms with Crippen molar-refractivity contribution >= 4 is 17.4 Å². The first-order valence-corrected chi connectivity index (χ1v) is 11.4. The molecule has 2 aliphatic heterocycles. The fourth-order valence-corrected chi connectivity index (χ4v) is 4.64. The first kappa shape index (κ1) is 23.0. The maximum Gasteiger partial charge on any atom is 0.295 e. The molecule has 1 N–H and O–H groups in total. The van der Waals surface area contributed by atoms with Crippen LogP contribution in [0.4, 0.5) is 4.39 Å². The lowest BCUT2D eigenvalue weighted by atomic mass is 9.94. The van der Waals surface area contributed by atoms with Gasteiger partial charge in [0.15, 0.2) is 0 Å². The molecule has 0 saturated carbocycles. The van der Waals surface area contributed by atoms with Gasteiger partial charge in [-0.25, -0.2) is 4.39 Å². The summed E-state index contributed by atoms with van der Waals surface area (Å²) < 4.78 is 20.6. The molecule has 1 amide bonds. The summed E-state index contributed by atoms with van der Waals surface area (Å²) in [6.45, 7) is 8.37. The van der Waals surface area contributed by atoms with Crippen molar-refractivity contribution in [2.45, 2.75) is 39.3 Å². The molecule has 0 spiro atoms. The number of halogens is 1. The second-order valence-electron chi connectivity index (χ2n) is 8.50. The summed E-state index contributed by atoms with van der Waals surface area (Å²) in [7, 11) is 0. The van der Waals surface area contributed by atoms with E-state index in [1.54, 1.807) is 36.4 Å². The molecule has 1 fully saturated rings. The lowest BCUT2D eigenvalue weighted by molar-refractivity contribution is -0.140. The summed E-state index contributed by atoms with van der Waals surface area (Å²) in [4.78, 5) is 29.7. The molecule has 0 aromatic heterocycles. The van der Waals surface area contributed by atoms with E-state index in [0.29, 0.717) is 18.5 Å². The summed E-state index contributed by atoms with van der Waals surface area (Å²) in [5, 5.41) is 11.2. The zero-order chi connectivity index (χ0) is 23.7. The van der Waals surface area contributed by atoms with Crippen LogP contribution in [0.1, 0.15) is 43.5 Å². The molecule has 0 bridgehead atoms. The third-order valence-electron chi connectivity index (χ3n) is 6.46. The number of hydrogen-bond acceptors (Lipinski definition) is 5. The number of likely N-dealkylation sites (tertiary alicyclic amines) is 1. The number of likely N-dealkylation sites (N-methyl/N-ethyl adjacent to an activating group) is 1. The number of rotatable bonds is 7. The largest absolute Gasteiger partial charge is 0.507 e. The molecular formula is C26H29FN2O4. The highest BCUT2D eigenvalue weighted by Gasteiger charge is 2.46. The van der Waals surface area contributed by atoms with Crippen molar-refractivity contribution in [2.75, 3.05) is 26.2 Å². The molecule has 6 nitrogen and oxygen atoms in total. The van der Waals surface area contributed by atoms with Crippen LogP contribution < -0.4 is 4.74 Å². The molecule has 4 rings (SSSR count). The molecular weight excluding hydrogens is 423 g/mol. The summed E-state index contributed by atoms with van der Waals surface area (Å²) >= 11 is 0. The van der Waals surface area contributed by atoms with E-state index in [-0.39, 0.29) is 29.5 Å². The molecule has 7 heteroatoms. The molecule has 2 aromatic carbocycles. The van der Waals surface area contributed by atoms with Gasteiger partial charge in [0.05, 0.1) is 11.6 Å². The second-order valence-corrected chi connectivity index (χ2v) is 8.50. The third kappa shape index (κ3) is 4.25. The number of fused-ring (bicyclic) bond motifs is 1. The molecule has 0 unspecified atom stereocenters. The Labute approximate surface area is 193 Å². The van der Waals surface area contributed by atoms with Crippen LogP contribution in [0.25, 0.3) is 5.76 Å². The van der Waals surface area contributed by atoms with Gasteiger partial charge in [0.25, 0.3) is 11.7 Å². The van der Waals surface area contributed by atoms with E-state index >= 15 is 0 Å². The Bertz CT molecular complexity index is 1110. The molecule has 0 radical (unpaired) electrons. The van der Waals surface area contributed by atoms with E-state index in [4.69, 9.17) is 4.74 Å². The van der Waals surface area contributed by atoms with Gasteiger partial charge in [-0.05, 0) is 49.8 Å². The van der Waals surface area contributed by atoms with Gasteiger partial charge in [0.2, 0.25) is 0 Å². The van der Waals surface area contributed by atoms with Crippen LogP contribution in [0, 0.1) is 5.82 Å². The number of carbonyl (C=O) groups is 2. The maximum absolute atomic E-state index is 14.9. The summed E-state index contributed by atoms with van der Waals surface area (Å²) in [5.74, 6) is -1.61. The highest BCUT2D eigenvalue weighted by molar-refractivity contribution is 6.46. The fraction of sp³-hybridized carbons (Fsp3) is 0.385. The Morgan fingerprint density at radius 2 is 1.91 bits per heavy atom. The van der Waals surface area contributed by atoms with Gasteiger partial charge in [-0.1, -0.05) is 32.0 Å². The van der Waals surface area contributed by atoms with Gasteiger partial charge in [0.1, 0.15) is 23.4 Å². The van der Waals surface area contributed by atoms with Crippen LogP contribution in [0.2, 0.25) is 0 Å². The predicted octanol–water partition coefficient (Wildman–Crippen LogP) is 3.91. The maximum atomic E-state index is 14.9. The van der Waals surface area contributed by atoms with Gasteiger partial charge in [-0.15, -0.1) is 0 Å². The van der Waals surface area contributed by atoms with Gasteiger partial charge in [0, 0.05) is 30.6 Å². The first-order chi connectivity index (χ1) is 15.8. The number of nitrogens with zero attached hydrogens (tertiary/aromatic N) is 2. The number of hydrogen-bond donors (Lipinski definition) is 1. The molecule has 2 atom stereocenters. The highest BCUT2D eigenvalue weighted by atomic mass is 19.1. The van der Waals surface area contributed by atoms with E-state index in [2.05, 4.69) is 4.90 Å². The average molecular weight is 453 g/mol. The molecule has 0 aliphatic carbocycles. The summed E-state index contributed by atoms with van der Waals surface area (Å²) in [6, 6.07) is 10.3. The number of ketones is 1. The normalized spacial score (nSPS) is 21.5. The Balaban J connectivity index is 1.80. The monoisotopic (exact) mass is 452 g/mol. The van der Waals surface area contributed by atoms with E-state index < -0.39 is 23.5 Å². The van der Waals surface area contributed by atoms with Crippen LogP contribution in [-0.2, 0) is 16.0 Å². The van der Waals surface area contributed by atoms with E-state index in [1.165, 1.54) is 11.0 Å². The number of aliphatic hydroxyl groups excluding tert-OH is 1. The number of amides is 1. The van der Waals surface area contributed by atoms with E-state index in [1.807, 2.05) is 20.8 Å². The molecule has 33 heavy (non-hydrogen) atoms. The minimum atomic E-state index is -0.995. The van der Waals surface area contributed by atoms with Gasteiger partial charge >= 0.3 is 0 Å². The second kappa shape index (κ2) is 9.35. The third-order valence-corrected chi connectivity index (χ3v) is 6.46. The molecule has 2 aromatic rings. The number of Topliss-reactive ketones (excluding diaryl/α,β-unsaturated/α-hetero) is 1. The topological polar surface area (TPSA) is 70.1 Å². The van der Waals surface area contributed by atoms with E-state index in [9.17, 15) is 19.1 Å². The fourth-order valence-electron chi connectivity index (χ4n) is 4.64. The minimum Gasteiger partial charge on any atom is -0.507 e. The number of carbonyl (C=O) groups excluding carboxylic acids is 2. The standard InChI is InChI=1S/C26H29FN2O4/c1-4-28(5-2)12-13-29-23(19-8-6-7-9-20(19)27)22(25(31)26(29)32)24(30)17-10-11-21-18(15-17)14-16(3)33-21/h6-11,15-16,23,30H,4-5,12-14H2,1-3H3/b24-22+/t16-,23-/m0/s1. The minimum absolute atomic E-state index is 0.0291. The van der Waals surface area contributed by atoms with Crippen molar-refractivity contribution in [2.24, 2.45) is 0 Å². The van der Waals surface area contributed by atoms with Crippen LogP contribution in [-0.4, -0.2) is 58.9 Å². The molecule has 2 aliphatic rings. The van der Waals surface area contributed by atoms with Crippen molar-refractivity contribution in [3.05, 3.63) is 70.5 Å². The Morgan fingerprint density at radius 3 is 2.61 bits per heavy atom. The molecule has 1 saturated heterocycles. The van der Waals surface area contributed by atoms with E-state index in [0.717, 1.165) is 24.4 Å². The van der Waals surface area contributed by atoms with Gasteiger partial charge in [-0.2, -0.15) is 0 Å². The summed E-state index contributed by atoms with van der Waals surface area (Å²) in [6.07, 6.45) is 0.715. The smallest absolute Gasteiger partial charge is 0.295 e. The zero-order valence-corrected chi connectivity index (χ0v) is 19.2.